The smallest absolute Gasteiger partial charge is 0.111 e. The average Bonchev–Trinajstić information content (AvgIpc) is 2.55. The Hall–Kier alpha value is -1.13. The van der Waals surface area contributed by atoms with E-state index in [2.05, 4.69) is 4.98 Å². The van der Waals surface area contributed by atoms with Crippen molar-refractivity contribution in [2.75, 3.05) is 5.73 Å². The standard InChI is InChI=1S/C13H20N2O2/c14-11-5-8-15-9-10(11)12(16)13(17)6-3-1-2-4-7-13/h5,8-9,12,16-17H,1-4,6-7H2,(H2,14,15). The third-order valence-corrected chi connectivity index (χ3v) is 3.66. The molecule has 0 bridgehead atoms. The molecule has 2 rings (SSSR count). The van der Waals surface area contributed by atoms with Crippen LogP contribution < -0.4 is 5.73 Å². The molecule has 0 saturated heterocycles. The number of hydrogen-bond acceptors (Lipinski definition) is 4. The number of nitrogens with two attached hydrogens (primary N) is 1. The molecule has 0 radical (unpaired) electrons. The molecule has 0 spiro atoms. The second-order valence-electron chi connectivity index (χ2n) is 4.92. The molecule has 1 aliphatic rings. The summed E-state index contributed by atoms with van der Waals surface area (Å²) in [5.41, 5.74) is 5.80. The van der Waals surface area contributed by atoms with Gasteiger partial charge in [-0.2, -0.15) is 0 Å². The summed E-state index contributed by atoms with van der Waals surface area (Å²) in [5.74, 6) is 0. The summed E-state index contributed by atoms with van der Waals surface area (Å²) < 4.78 is 0. The third kappa shape index (κ3) is 2.58. The Balaban J connectivity index is 2.23. The molecule has 4 N–H and O–H groups in total. The van der Waals surface area contributed by atoms with E-state index in [0.29, 0.717) is 24.1 Å². The number of nitrogen functional groups attached to an aromatic ring is 1. The van der Waals surface area contributed by atoms with E-state index in [0.717, 1.165) is 25.7 Å². The number of rotatable bonds is 2. The van der Waals surface area contributed by atoms with Crippen LogP contribution in [0.25, 0.3) is 0 Å². The van der Waals surface area contributed by atoms with Gasteiger partial charge in [0.05, 0.1) is 5.60 Å². The van der Waals surface area contributed by atoms with Crippen LogP contribution in [-0.4, -0.2) is 20.8 Å². The highest BCUT2D eigenvalue weighted by Crippen LogP contribution is 2.38. The van der Waals surface area contributed by atoms with Gasteiger partial charge in [-0.25, -0.2) is 0 Å². The van der Waals surface area contributed by atoms with Crippen LogP contribution in [0.1, 0.15) is 50.2 Å². The molecule has 1 atom stereocenters. The summed E-state index contributed by atoms with van der Waals surface area (Å²) in [6.45, 7) is 0. The predicted octanol–water partition coefficient (Wildman–Crippen LogP) is 1.78. The van der Waals surface area contributed by atoms with Gasteiger partial charge in [-0.3, -0.25) is 4.98 Å². The first-order chi connectivity index (χ1) is 8.13. The Morgan fingerprint density at radius 2 is 1.88 bits per heavy atom. The summed E-state index contributed by atoms with van der Waals surface area (Å²) in [4.78, 5) is 3.96. The van der Waals surface area contributed by atoms with E-state index < -0.39 is 11.7 Å². The van der Waals surface area contributed by atoms with E-state index in [9.17, 15) is 10.2 Å². The van der Waals surface area contributed by atoms with Gasteiger partial charge >= 0.3 is 0 Å². The van der Waals surface area contributed by atoms with Crippen LogP contribution in [0.5, 0.6) is 0 Å². The highest BCUT2D eigenvalue weighted by Gasteiger charge is 2.37. The summed E-state index contributed by atoms with van der Waals surface area (Å²) in [5, 5.41) is 20.9. The first-order valence-electron chi connectivity index (χ1n) is 6.23. The van der Waals surface area contributed by atoms with Crippen molar-refractivity contribution in [1.29, 1.82) is 0 Å². The van der Waals surface area contributed by atoms with Crippen molar-refractivity contribution >= 4 is 5.69 Å². The molecular formula is C13H20N2O2. The lowest BCUT2D eigenvalue weighted by atomic mass is 9.84. The van der Waals surface area contributed by atoms with Gasteiger partial charge in [0.15, 0.2) is 0 Å². The SMILES string of the molecule is Nc1ccncc1C(O)C1(O)CCCCCC1. The van der Waals surface area contributed by atoms with Gasteiger partial charge in [0.2, 0.25) is 0 Å². The largest absolute Gasteiger partial charge is 0.398 e. The fourth-order valence-corrected chi connectivity index (χ4v) is 2.55. The van der Waals surface area contributed by atoms with Crippen molar-refractivity contribution in [2.45, 2.75) is 50.2 Å². The Bertz CT molecular complexity index is 373. The van der Waals surface area contributed by atoms with Crippen LogP contribution in [0.4, 0.5) is 5.69 Å². The van der Waals surface area contributed by atoms with Crippen LogP contribution >= 0.6 is 0 Å². The van der Waals surface area contributed by atoms with Gasteiger partial charge in [0.1, 0.15) is 6.10 Å². The van der Waals surface area contributed by atoms with Gasteiger partial charge in [-0.05, 0) is 18.9 Å². The van der Waals surface area contributed by atoms with E-state index in [1.54, 1.807) is 18.5 Å². The number of nitrogens with zero attached hydrogens (tertiary/aromatic N) is 1. The van der Waals surface area contributed by atoms with E-state index in [-0.39, 0.29) is 0 Å². The quantitative estimate of drug-likeness (QED) is 0.684. The fourth-order valence-electron chi connectivity index (χ4n) is 2.55. The molecule has 0 aromatic carbocycles. The molecular weight excluding hydrogens is 216 g/mol. The molecule has 4 heteroatoms. The summed E-state index contributed by atoms with van der Waals surface area (Å²) >= 11 is 0. The first kappa shape index (κ1) is 12.3. The molecule has 1 aromatic rings. The average molecular weight is 236 g/mol. The number of anilines is 1. The van der Waals surface area contributed by atoms with Gasteiger partial charge in [0.25, 0.3) is 0 Å². The lowest BCUT2D eigenvalue weighted by molar-refractivity contribution is -0.0865. The van der Waals surface area contributed by atoms with Gasteiger partial charge in [-0.1, -0.05) is 25.7 Å². The maximum Gasteiger partial charge on any atom is 0.111 e. The normalized spacial score (nSPS) is 21.8. The molecule has 0 amide bonds. The Morgan fingerprint density at radius 1 is 1.24 bits per heavy atom. The van der Waals surface area contributed by atoms with Crippen LogP contribution in [0.15, 0.2) is 18.5 Å². The van der Waals surface area contributed by atoms with Gasteiger partial charge in [0, 0.05) is 23.6 Å². The molecule has 17 heavy (non-hydrogen) atoms. The maximum atomic E-state index is 10.6. The minimum atomic E-state index is -1.05. The molecule has 1 aliphatic carbocycles. The van der Waals surface area contributed by atoms with Crippen LogP contribution in [0, 0.1) is 0 Å². The molecule has 0 aliphatic heterocycles. The zero-order chi connectivity index (χ0) is 12.3. The van der Waals surface area contributed by atoms with E-state index in [1.807, 2.05) is 0 Å². The number of pyridine rings is 1. The number of aliphatic hydroxyl groups is 2. The number of aromatic nitrogens is 1. The topological polar surface area (TPSA) is 79.4 Å². The van der Waals surface area contributed by atoms with Crippen molar-refractivity contribution in [1.82, 2.24) is 4.98 Å². The van der Waals surface area contributed by atoms with Gasteiger partial charge in [-0.15, -0.1) is 0 Å². The molecule has 4 nitrogen and oxygen atoms in total. The van der Waals surface area contributed by atoms with E-state index >= 15 is 0 Å². The second kappa shape index (κ2) is 5.02. The molecule has 1 saturated carbocycles. The zero-order valence-electron chi connectivity index (χ0n) is 9.97. The molecule has 1 heterocycles. The Morgan fingerprint density at radius 3 is 2.47 bits per heavy atom. The monoisotopic (exact) mass is 236 g/mol. The lowest BCUT2D eigenvalue weighted by Gasteiger charge is -2.32. The van der Waals surface area contributed by atoms with Crippen molar-refractivity contribution in [3.8, 4) is 0 Å². The summed E-state index contributed by atoms with van der Waals surface area (Å²) in [6, 6.07) is 1.65. The highest BCUT2D eigenvalue weighted by atomic mass is 16.3. The number of hydrogen-bond donors (Lipinski definition) is 3. The van der Waals surface area contributed by atoms with Crippen LogP contribution in [0.3, 0.4) is 0 Å². The number of aliphatic hydroxyl groups excluding tert-OH is 1. The highest BCUT2D eigenvalue weighted by molar-refractivity contribution is 5.46. The van der Waals surface area contributed by atoms with Crippen LogP contribution in [-0.2, 0) is 0 Å². The fraction of sp³-hybridized carbons (Fsp3) is 0.615. The minimum Gasteiger partial charge on any atom is -0.398 e. The zero-order valence-corrected chi connectivity index (χ0v) is 9.97. The molecule has 1 unspecified atom stereocenters. The van der Waals surface area contributed by atoms with Gasteiger partial charge < -0.3 is 15.9 Å². The minimum absolute atomic E-state index is 0.491. The molecule has 94 valence electrons. The van der Waals surface area contributed by atoms with Crippen molar-refractivity contribution < 1.29 is 10.2 Å². The first-order valence-corrected chi connectivity index (χ1v) is 6.23. The van der Waals surface area contributed by atoms with Crippen molar-refractivity contribution in [3.05, 3.63) is 24.0 Å². The second-order valence-corrected chi connectivity index (χ2v) is 4.92. The van der Waals surface area contributed by atoms with E-state index in [4.69, 9.17) is 5.73 Å². The maximum absolute atomic E-state index is 10.6. The van der Waals surface area contributed by atoms with Crippen molar-refractivity contribution in [3.63, 3.8) is 0 Å². The molecule has 1 fully saturated rings. The van der Waals surface area contributed by atoms with E-state index in [1.165, 1.54) is 0 Å². The lowest BCUT2D eigenvalue weighted by Crippen LogP contribution is -2.36. The van der Waals surface area contributed by atoms with Crippen LogP contribution in [0.2, 0.25) is 0 Å². The predicted molar refractivity (Wildman–Crippen MR) is 66.3 cm³/mol. The molecule has 1 aromatic heterocycles. The summed E-state index contributed by atoms with van der Waals surface area (Å²) in [6.07, 6.45) is 7.60. The van der Waals surface area contributed by atoms with Crippen molar-refractivity contribution in [2.24, 2.45) is 0 Å². The summed E-state index contributed by atoms with van der Waals surface area (Å²) in [7, 11) is 0. The Kier molecular flexibility index (Phi) is 3.64. The Labute approximate surface area is 101 Å². The third-order valence-electron chi connectivity index (χ3n) is 3.66.